The van der Waals surface area contributed by atoms with E-state index < -0.39 is 11.8 Å². The van der Waals surface area contributed by atoms with Gasteiger partial charge >= 0.3 is 0 Å². The fraction of sp³-hybridized carbons (Fsp3) is 0.0769. The maximum atomic E-state index is 11.2. The average Bonchev–Trinajstić information content (AvgIpc) is 2.81. The van der Waals surface area contributed by atoms with Crippen molar-refractivity contribution in [2.45, 2.75) is 6.54 Å². The molecular weight excluding hydrogens is 373 g/mol. The van der Waals surface area contributed by atoms with E-state index in [1.807, 2.05) is 12.1 Å². The Hall–Kier alpha value is -2.03. The van der Waals surface area contributed by atoms with Crippen LogP contribution in [0.1, 0.15) is 26.5 Å². The lowest BCUT2D eigenvalue weighted by molar-refractivity contribution is 0.0999. The Morgan fingerprint density at radius 2 is 1.70 bits per heavy atom. The minimum absolute atomic E-state index is 0.220. The number of nitrogens with one attached hydrogen (secondary N) is 1. The van der Waals surface area contributed by atoms with Gasteiger partial charge in [-0.3, -0.25) is 9.59 Å². The second kappa shape index (κ2) is 5.95. The smallest absolute Gasteiger partial charge is 0.248 e. The van der Waals surface area contributed by atoms with Crippen molar-refractivity contribution in [3.8, 4) is 0 Å². The Bertz CT molecular complexity index is 634. The van der Waals surface area contributed by atoms with E-state index >= 15 is 0 Å². The van der Waals surface area contributed by atoms with Gasteiger partial charge in [0.25, 0.3) is 0 Å². The minimum atomic E-state index is -0.622. The highest BCUT2D eigenvalue weighted by molar-refractivity contribution is 14.1. The molecule has 0 bridgehead atoms. The summed E-state index contributed by atoms with van der Waals surface area (Å²) in [4.78, 5) is 22.5. The van der Waals surface area contributed by atoms with Crippen molar-refractivity contribution in [3.63, 3.8) is 0 Å². The van der Waals surface area contributed by atoms with Crippen molar-refractivity contribution in [3.05, 3.63) is 51.0 Å². The number of carbonyl (C=O) groups excluding carboxylic acids is 2. The summed E-state index contributed by atoms with van der Waals surface area (Å²) in [5.41, 5.74) is 11.5. The van der Waals surface area contributed by atoms with Gasteiger partial charge in [0, 0.05) is 16.8 Å². The highest BCUT2D eigenvalue weighted by Crippen LogP contribution is 2.17. The topological polar surface area (TPSA) is 111 Å². The summed E-state index contributed by atoms with van der Waals surface area (Å²) < 4.78 is 6.18. The van der Waals surface area contributed by atoms with Gasteiger partial charge in [-0.05, 0) is 52.9 Å². The molecule has 0 radical (unpaired) electrons. The molecular formula is C13H12IN3O3. The van der Waals surface area contributed by atoms with Gasteiger partial charge in [0.15, 0.2) is 3.77 Å². The highest BCUT2D eigenvalue weighted by Gasteiger charge is 2.09. The molecule has 7 heteroatoms. The molecule has 104 valence electrons. The first-order chi connectivity index (χ1) is 9.45. The molecule has 0 spiro atoms. The molecule has 5 N–H and O–H groups in total. The zero-order valence-corrected chi connectivity index (χ0v) is 12.5. The van der Waals surface area contributed by atoms with Crippen LogP contribution in [0.15, 0.2) is 34.7 Å². The molecule has 0 saturated carbocycles. The minimum Gasteiger partial charge on any atom is -0.454 e. The molecule has 0 aliphatic rings. The van der Waals surface area contributed by atoms with Crippen LogP contribution < -0.4 is 16.8 Å². The molecule has 6 nitrogen and oxygen atoms in total. The average molecular weight is 385 g/mol. The van der Waals surface area contributed by atoms with Crippen LogP contribution in [0.3, 0.4) is 0 Å². The third kappa shape index (κ3) is 3.50. The summed E-state index contributed by atoms with van der Waals surface area (Å²) in [6.45, 7) is 0.420. The molecule has 1 heterocycles. The van der Waals surface area contributed by atoms with Crippen molar-refractivity contribution in [1.29, 1.82) is 0 Å². The van der Waals surface area contributed by atoms with Gasteiger partial charge in [-0.2, -0.15) is 0 Å². The second-order valence-corrected chi connectivity index (χ2v) is 5.15. The number of furan rings is 1. The monoisotopic (exact) mass is 385 g/mol. The summed E-state index contributed by atoms with van der Waals surface area (Å²) in [5, 5.41) is 3.05. The van der Waals surface area contributed by atoms with Crippen LogP contribution in [0.2, 0.25) is 0 Å². The number of benzene rings is 1. The normalized spacial score (nSPS) is 10.2. The summed E-state index contributed by atoms with van der Waals surface area (Å²) in [6, 6.07) is 8.16. The van der Waals surface area contributed by atoms with E-state index in [9.17, 15) is 9.59 Å². The van der Waals surface area contributed by atoms with Crippen LogP contribution in [0.5, 0.6) is 0 Å². The van der Waals surface area contributed by atoms with Gasteiger partial charge in [-0.15, -0.1) is 0 Å². The largest absolute Gasteiger partial charge is 0.454 e. The molecule has 20 heavy (non-hydrogen) atoms. The van der Waals surface area contributed by atoms with Crippen LogP contribution in [-0.4, -0.2) is 11.8 Å². The lowest BCUT2D eigenvalue weighted by Crippen LogP contribution is -2.16. The Balaban J connectivity index is 2.21. The van der Waals surface area contributed by atoms with Crippen molar-refractivity contribution < 1.29 is 14.0 Å². The van der Waals surface area contributed by atoms with Gasteiger partial charge in [0.1, 0.15) is 5.76 Å². The Kier molecular flexibility index (Phi) is 4.28. The number of rotatable bonds is 5. The molecule has 0 atom stereocenters. The van der Waals surface area contributed by atoms with Gasteiger partial charge in [0.2, 0.25) is 11.8 Å². The van der Waals surface area contributed by atoms with Crippen LogP contribution in [0.4, 0.5) is 5.69 Å². The fourth-order valence-electron chi connectivity index (χ4n) is 1.65. The summed E-state index contributed by atoms with van der Waals surface area (Å²) in [7, 11) is 0. The first-order valence-electron chi connectivity index (χ1n) is 5.68. The van der Waals surface area contributed by atoms with Crippen molar-refractivity contribution in [2.75, 3.05) is 5.32 Å². The van der Waals surface area contributed by atoms with Gasteiger partial charge < -0.3 is 21.2 Å². The van der Waals surface area contributed by atoms with E-state index in [0.717, 1.165) is 9.53 Å². The molecule has 0 aliphatic heterocycles. The van der Waals surface area contributed by atoms with Crippen LogP contribution in [-0.2, 0) is 6.54 Å². The summed E-state index contributed by atoms with van der Waals surface area (Å²) in [6.07, 6.45) is 0. The van der Waals surface area contributed by atoms with E-state index in [1.54, 1.807) is 12.1 Å². The van der Waals surface area contributed by atoms with Crippen LogP contribution in [0.25, 0.3) is 0 Å². The van der Waals surface area contributed by atoms with Crippen LogP contribution >= 0.6 is 22.6 Å². The molecule has 0 fully saturated rings. The summed E-state index contributed by atoms with van der Waals surface area (Å²) >= 11 is 2.07. The lowest BCUT2D eigenvalue weighted by Gasteiger charge is -2.08. The zero-order valence-electron chi connectivity index (χ0n) is 10.4. The number of nitrogens with two attached hydrogens (primary N) is 2. The molecule has 2 rings (SSSR count). The number of halogens is 1. The fourth-order valence-corrected chi connectivity index (χ4v) is 2.11. The van der Waals surface area contributed by atoms with E-state index in [2.05, 4.69) is 27.9 Å². The first-order valence-corrected chi connectivity index (χ1v) is 6.76. The molecule has 2 amide bonds. The van der Waals surface area contributed by atoms with Gasteiger partial charge in [-0.1, -0.05) is 0 Å². The van der Waals surface area contributed by atoms with Gasteiger partial charge in [-0.25, -0.2) is 0 Å². The Morgan fingerprint density at radius 1 is 1.10 bits per heavy atom. The number of primary amides is 2. The number of hydrogen-bond acceptors (Lipinski definition) is 4. The van der Waals surface area contributed by atoms with E-state index in [4.69, 9.17) is 15.9 Å². The standard InChI is InChI=1S/C13H12IN3O3/c14-11-2-1-10(20-11)6-17-9-4-7(12(15)18)3-8(5-9)13(16)19/h1-5,17H,6H2,(H2,15,18)(H2,16,19). The van der Waals surface area contributed by atoms with Crippen LogP contribution in [0, 0.1) is 3.77 Å². The highest BCUT2D eigenvalue weighted by atomic mass is 127. The van der Waals surface area contributed by atoms with E-state index in [-0.39, 0.29) is 11.1 Å². The maximum Gasteiger partial charge on any atom is 0.248 e. The summed E-state index contributed by atoms with van der Waals surface area (Å²) in [5.74, 6) is -0.508. The predicted molar refractivity (Wildman–Crippen MR) is 82.2 cm³/mol. The SMILES string of the molecule is NC(=O)c1cc(NCc2ccc(I)o2)cc(C(N)=O)c1. The van der Waals surface area contributed by atoms with Crippen molar-refractivity contribution in [1.82, 2.24) is 0 Å². The third-order valence-electron chi connectivity index (χ3n) is 2.60. The van der Waals surface area contributed by atoms with Crippen molar-refractivity contribution >= 4 is 40.1 Å². The number of amides is 2. The third-order valence-corrected chi connectivity index (χ3v) is 3.18. The number of anilines is 1. The molecule has 1 aromatic carbocycles. The maximum absolute atomic E-state index is 11.2. The molecule has 0 saturated heterocycles. The quantitative estimate of drug-likeness (QED) is 0.681. The molecule has 2 aromatic rings. The predicted octanol–water partition coefficient (Wildman–Crippen LogP) is 1.69. The second-order valence-electron chi connectivity index (χ2n) is 4.09. The number of hydrogen-bond donors (Lipinski definition) is 3. The molecule has 1 aromatic heterocycles. The van der Waals surface area contributed by atoms with E-state index in [0.29, 0.717) is 12.2 Å². The van der Waals surface area contributed by atoms with Gasteiger partial charge in [0.05, 0.1) is 6.54 Å². The molecule has 0 aliphatic carbocycles. The Morgan fingerprint density at radius 3 is 2.15 bits per heavy atom. The van der Waals surface area contributed by atoms with E-state index in [1.165, 1.54) is 6.07 Å². The lowest BCUT2D eigenvalue weighted by atomic mass is 10.1. The zero-order chi connectivity index (χ0) is 14.7. The Labute approximate surface area is 128 Å². The number of carbonyl (C=O) groups is 2. The first kappa shape index (κ1) is 14.4. The molecule has 0 unspecified atom stereocenters. The van der Waals surface area contributed by atoms with Crippen molar-refractivity contribution in [2.24, 2.45) is 11.5 Å².